The third-order valence-electron chi connectivity index (χ3n) is 3.78. The molecule has 0 unspecified atom stereocenters. The first kappa shape index (κ1) is 14.8. The number of carbonyl (C=O) groups excluding carboxylic acids is 1. The fraction of sp³-hybridized carbons (Fsp3) is 0.333. The van der Waals surface area contributed by atoms with E-state index in [2.05, 4.69) is 22.4 Å². The van der Waals surface area contributed by atoms with Gasteiger partial charge in [-0.25, -0.2) is 4.68 Å². The zero-order valence-corrected chi connectivity index (χ0v) is 14.2. The molecule has 6 nitrogen and oxygen atoms in total. The van der Waals surface area contributed by atoms with Crippen LogP contribution in [0, 0.1) is 0 Å². The van der Waals surface area contributed by atoms with Crippen molar-refractivity contribution in [2.45, 2.75) is 25.3 Å². The maximum Gasteiger partial charge on any atom is 0.231 e. The number of hydrogen-bond acceptors (Lipinski definition) is 6. The van der Waals surface area contributed by atoms with E-state index >= 15 is 0 Å². The van der Waals surface area contributed by atoms with Crippen LogP contribution in [-0.4, -0.2) is 42.1 Å². The molecule has 1 atom stereocenters. The third kappa shape index (κ3) is 2.55. The van der Waals surface area contributed by atoms with E-state index in [1.807, 2.05) is 35.2 Å². The van der Waals surface area contributed by atoms with E-state index in [-0.39, 0.29) is 11.3 Å². The highest BCUT2D eigenvalue weighted by Gasteiger charge is 2.47. The van der Waals surface area contributed by atoms with Gasteiger partial charge in [0.2, 0.25) is 11.7 Å². The number of aromatic nitrogens is 4. The number of carbonyl (C=O) groups is 1. The van der Waals surface area contributed by atoms with E-state index in [9.17, 15) is 4.79 Å². The van der Waals surface area contributed by atoms with Gasteiger partial charge in [0.15, 0.2) is 0 Å². The van der Waals surface area contributed by atoms with E-state index in [4.69, 9.17) is 0 Å². The van der Waals surface area contributed by atoms with Gasteiger partial charge < -0.3 is 0 Å². The molecule has 4 rings (SSSR count). The van der Waals surface area contributed by atoms with E-state index in [0.717, 1.165) is 21.3 Å². The second kappa shape index (κ2) is 6.01. The van der Waals surface area contributed by atoms with Gasteiger partial charge in [-0.2, -0.15) is 0 Å². The fourth-order valence-corrected chi connectivity index (χ4v) is 5.35. The van der Waals surface area contributed by atoms with Crippen molar-refractivity contribution >= 4 is 35.1 Å². The van der Waals surface area contributed by atoms with Gasteiger partial charge in [0.1, 0.15) is 5.70 Å². The van der Waals surface area contributed by atoms with Crippen molar-refractivity contribution in [1.29, 1.82) is 0 Å². The minimum atomic E-state index is 0.151. The van der Waals surface area contributed by atoms with Crippen LogP contribution in [0.1, 0.15) is 24.7 Å². The number of hydrogen-bond donors (Lipinski definition) is 0. The fourth-order valence-electron chi connectivity index (χ4n) is 2.70. The number of rotatable bonds is 5. The Hall–Kier alpha value is -1.80. The summed E-state index contributed by atoms with van der Waals surface area (Å²) in [6, 6.07) is 10.1. The van der Waals surface area contributed by atoms with Gasteiger partial charge >= 0.3 is 0 Å². The summed E-state index contributed by atoms with van der Waals surface area (Å²) < 4.78 is 2.92. The van der Waals surface area contributed by atoms with Crippen molar-refractivity contribution < 1.29 is 4.79 Å². The van der Waals surface area contributed by atoms with E-state index in [1.165, 1.54) is 0 Å². The summed E-state index contributed by atoms with van der Waals surface area (Å²) in [5.41, 5.74) is 2.01. The minimum absolute atomic E-state index is 0.151. The zero-order valence-electron chi connectivity index (χ0n) is 12.5. The lowest BCUT2D eigenvalue weighted by Crippen LogP contribution is -2.46. The molecule has 118 valence electrons. The van der Waals surface area contributed by atoms with Gasteiger partial charge in [-0.1, -0.05) is 49.0 Å². The molecule has 0 radical (unpaired) electrons. The second-order valence-electron chi connectivity index (χ2n) is 5.26. The van der Waals surface area contributed by atoms with Gasteiger partial charge in [-0.15, -0.1) is 16.9 Å². The van der Waals surface area contributed by atoms with Crippen molar-refractivity contribution in [2.24, 2.45) is 0 Å². The standard InChI is InChI=1S/C15H15N5OS2/c1-2-22-15-13(20-11(21)8-12(20)23-15)14-16-17-18-19(14)9-10-6-4-3-5-7-10/h3-7,12H,2,8-9H2,1H3/t12-/m1/s1. The summed E-state index contributed by atoms with van der Waals surface area (Å²) in [6.07, 6.45) is 0.599. The molecule has 0 spiro atoms. The van der Waals surface area contributed by atoms with Gasteiger partial charge in [0.25, 0.3) is 0 Å². The van der Waals surface area contributed by atoms with Crippen LogP contribution in [-0.2, 0) is 11.3 Å². The maximum atomic E-state index is 12.0. The lowest BCUT2D eigenvalue weighted by Gasteiger charge is -2.34. The number of amides is 1. The molecule has 1 aromatic heterocycles. The lowest BCUT2D eigenvalue weighted by atomic mass is 10.1. The maximum absolute atomic E-state index is 12.0. The number of fused-ring (bicyclic) bond motifs is 1. The molecule has 2 aromatic rings. The molecule has 1 saturated heterocycles. The minimum Gasteiger partial charge on any atom is -0.294 e. The second-order valence-corrected chi connectivity index (χ2v) is 7.98. The number of benzene rings is 1. The Morgan fingerprint density at radius 2 is 2.17 bits per heavy atom. The topological polar surface area (TPSA) is 63.9 Å². The average molecular weight is 345 g/mol. The monoisotopic (exact) mass is 345 g/mol. The predicted octanol–water partition coefficient (Wildman–Crippen LogP) is 2.41. The predicted molar refractivity (Wildman–Crippen MR) is 91.3 cm³/mol. The third-order valence-corrected chi connectivity index (χ3v) is 6.22. The summed E-state index contributed by atoms with van der Waals surface area (Å²) in [5.74, 6) is 1.78. The van der Waals surface area contributed by atoms with Crippen molar-refractivity contribution in [1.82, 2.24) is 25.1 Å². The average Bonchev–Trinajstić information content (AvgIpc) is 3.10. The van der Waals surface area contributed by atoms with Crippen LogP contribution in [0.5, 0.6) is 0 Å². The Balaban J connectivity index is 1.71. The number of thioether (sulfide) groups is 2. The van der Waals surface area contributed by atoms with Crippen LogP contribution >= 0.6 is 23.5 Å². The number of β-lactam (4-membered cyclic amide) rings is 1. The number of tetrazole rings is 1. The SMILES string of the molecule is CCSC1=C(c2nnnn2Cc2ccccc2)N2C(=O)C[C@H]2S1. The largest absolute Gasteiger partial charge is 0.294 e. The molecule has 1 aromatic carbocycles. The van der Waals surface area contributed by atoms with Crippen molar-refractivity contribution in [3.05, 3.63) is 46.0 Å². The van der Waals surface area contributed by atoms with Gasteiger partial charge in [-0.05, 0) is 21.7 Å². The highest BCUT2D eigenvalue weighted by molar-refractivity contribution is 8.23. The van der Waals surface area contributed by atoms with Gasteiger partial charge in [0, 0.05) is 0 Å². The summed E-state index contributed by atoms with van der Waals surface area (Å²) in [6.45, 7) is 2.70. The van der Waals surface area contributed by atoms with Crippen LogP contribution in [0.2, 0.25) is 0 Å². The summed E-state index contributed by atoms with van der Waals surface area (Å²) >= 11 is 3.50. The summed E-state index contributed by atoms with van der Waals surface area (Å²) in [4.78, 5) is 13.9. The normalized spacial score (nSPS) is 20.0. The Kier molecular flexibility index (Phi) is 3.86. The number of nitrogens with zero attached hydrogens (tertiary/aromatic N) is 5. The van der Waals surface area contributed by atoms with Crippen molar-refractivity contribution in [3.63, 3.8) is 0 Å². The van der Waals surface area contributed by atoms with Crippen LogP contribution < -0.4 is 0 Å². The molecule has 1 fully saturated rings. The van der Waals surface area contributed by atoms with Crippen LogP contribution in [0.15, 0.2) is 34.6 Å². The summed E-state index contributed by atoms with van der Waals surface area (Å²) in [7, 11) is 0. The highest BCUT2D eigenvalue weighted by atomic mass is 32.2. The van der Waals surface area contributed by atoms with Crippen LogP contribution in [0.25, 0.3) is 5.70 Å². The smallest absolute Gasteiger partial charge is 0.231 e. The molecular weight excluding hydrogens is 330 g/mol. The van der Waals surface area contributed by atoms with Gasteiger partial charge in [0.05, 0.1) is 22.6 Å². The Bertz CT molecular complexity index is 773. The van der Waals surface area contributed by atoms with E-state index in [1.54, 1.807) is 28.2 Å². The molecule has 0 saturated carbocycles. The molecule has 8 heteroatoms. The van der Waals surface area contributed by atoms with Crippen LogP contribution in [0.4, 0.5) is 0 Å². The molecular formula is C15H15N5OS2. The highest BCUT2D eigenvalue weighted by Crippen LogP contribution is 2.53. The molecule has 2 aliphatic heterocycles. The first-order chi connectivity index (χ1) is 11.3. The summed E-state index contributed by atoms with van der Waals surface area (Å²) in [5, 5.41) is 12.4. The Labute approximate surface area is 142 Å². The molecule has 1 amide bonds. The molecule has 3 heterocycles. The van der Waals surface area contributed by atoms with Crippen LogP contribution in [0.3, 0.4) is 0 Å². The van der Waals surface area contributed by atoms with Crippen molar-refractivity contribution in [3.8, 4) is 0 Å². The first-order valence-corrected chi connectivity index (χ1v) is 9.30. The molecule has 0 N–H and O–H groups in total. The van der Waals surface area contributed by atoms with E-state index < -0.39 is 0 Å². The van der Waals surface area contributed by atoms with E-state index in [0.29, 0.717) is 18.8 Å². The Morgan fingerprint density at radius 1 is 1.35 bits per heavy atom. The lowest BCUT2D eigenvalue weighted by molar-refractivity contribution is -0.136. The van der Waals surface area contributed by atoms with Gasteiger partial charge in [-0.3, -0.25) is 9.69 Å². The Morgan fingerprint density at radius 3 is 2.91 bits per heavy atom. The zero-order chi connectivity index (χ0) is 15.8. The molecule has 0 aliphatic carbocycles. The van der Waals surface area contributed by atoms with Crippen molar-refractivity contribution in [2.75, 3.05) is 5.75 Å². The quantitative estimate of drug-likeness (QED) is 0.776. The molecule has 23 heavy (non-hydrogen) atoms. The molecule has 0 bridgehead atoms. The molecule has 2 aliphatic rings. The first-order valence-electron chi connectivity index (χ1n) is 7.44.